The molecule has 0 bridgehead atoms. The first-order valence-corrected chi connectivity index (χ1v) is 7.75. The van der Waals surface area contributed by atoms with Crippen LogP contribution in [0.15, 0.2) is 18.2 Å². The fraction of sp³-hybridized carbons (Fsp3) is 0.647. The van der Waals surface area contributed by atoms with E-state index in [1.165, 1.54) is 37.8 Å². The van der Waals surface area contributed by atoms with Crippen LogP contribution >= 0.6 is 0 Å². The summed E-state index contributed by atoms with van der Waals surface area (Å²) >= 11 is 0. The van der Waals surface area contributed by atoms with Gasteiger partial charge in [0.05, 0.1) is 5.56 Å². The molecule has 120 valence electrons. The molecule has 0 fully saturated rings. The lowest BCUT2D eigenvalue weighted by Gasteiger charge is -2.20. The second-order valence-electron chi connectivity index (χ2n) is 5.61. The van der Waals surface area contributed by atoms with Crippen molar-refractivity contribution in [3.8, 4) is 0 Å². The van der Waals surface area contributed by atoms with E-state index < -0.39 is 11.7 Å². The first-order chi connectivity index (χ1) is 9.90. The highest BCUT2D eigenvalue weighted by atomic mass is 19.4. The maximum atomic E-state index is 12.7. The summed E-state index contributed by atoms with van der Waals surface area (Å²) in [5.41, 5.74) is 1.11. The van der Waals surface area contributed by atoms with Crippen LogP contribution in [0.1, 0.15) is 68.2 Å². The van der Waals surface area contributed by atoms with Gasteiger partial charge in [0.15, 0.2) is 0 Å². The maximum Gasteiger partial charge on any atom is 0.416 e. The Labute approximate surface area is 125 Å². The highest BCUT2D eigenvalue weighted by Crippen LogP contribution is 2.32. The van der Waals surface area contributed by atoms with E-state index in [1.54, 1.807) is 13.0 Å². The van der Waals surface area contributed by atoms with Crippen molar-refractivity contribution >= 4 is 0 Å². The van der Waals surface area contributed by atoms with Crippen molar-refractivity contribution in [2.45, 2.75) is 64.6 Å². The molecule has 0 heterocycles. The molecule has 1 rings (SSSR count). The molecular formula is C17H26F3N. The average molecular weight is 301 g/mol. The van der Waals surface area contributed by atoms with Gasteiger partial charge < -0.3 is 5.32 Å². The molecule has 0 saturated carbocycles. The summed E-state index contributed by atoms with van der Waals surface area (Å²) in [6.07, 6.45) is 2.69. The Morgan fingerprint density at radius 1 is 1.10 bits per heavy atom. The van der Waals surface area contributed by atoms with Crippen LogP contribution < -0.4 is 5.32 Å². The summed E-state index contributed by atoms with van der Waals surface area (Å²) in [4.78, 5) is 0. The Balaban J connectivity index is 2.68. The van der Waals surface area contributed by atoms with Gasteiger partial charge in [-0.3, -0.25) is 0 Å². The first kappa shape index (κ1) is 18.0. The van der Waals surface area contributed by atoms with Gasteiger partial charge in [0.25, 0.3) is 0 Å². The molecular weight excluding hydrogens is 275 g/mol. The summed E-state index contributed by atoms with van der Waals surface area (Å²) in [5.74, 6) is 0. The second-order valence-corrected chi connectivity index (χ2v) is 5.61. The van der Waals surface area contributed by atoms with Crippen LogP contribution in [0, 0.1) is 6.92 Å². The third-order valence-corrected chi connectivity index (χ3v) is 3.92. The van der Waals surface area contributed by atoms with Crippen LogP contribution in [0.5, 0.6) is 0 Å². The van der Waals surface area contributed by atoms with Crippen LogP contribution in [0.25, 0.3) is 0 Å². The van der Waals surface area contributed by atoms with Gasteiger partial charge >= 0.3 is 6.18 Å². The molecule has 21 heavy (non-hydrogen) atoms. The van der Waals surface area contributed by atoms with E-state index in [-0.39, 0.29) is 6.04 Å². The Bertz CT molecular complexity index is 427. The minimum atomic E-state index is -4.27. The number of hydrogen-bond donors (Lipinski definition) is 1. The van der Waals surface area contributed by atoms with Gasteiger partial charge in [0.1, 0.15) is 0 Å². The SMILES string of the molecule is CCCCCCCC(NC)c1ccc(C(F)(F)F)cc1C. The first-order valence-electron chi connectivity index (χ1n) is 7.75. The average Bonchev–Trinajstić information content (AvgIpc) is 2.42. The van der Waals surface area contributed by atoms with Gasteiger partial charge in [-0.1, -0.05) is 45.1 Å². The van der Waals surface area contributed by atoms with Crippen molar-refractivity contribution in [1.82, 2.24) is 5.32 Å². The summed E-state index contributed by atoms with van der Waals surface area (Å²) in [7, 11) is 1.87. The van der Waals surface area contributed by atoms with E-state index in [0.717, 1.165) is 18.4 Å². The monoisotopic (exact) mass is 301 g/mol. The molecule has 0 aromatic heterocycles. The molecule has 0 spiro atoms. The van der Waals surface area contributed by atoms with Gasteiger partial charge in [-0.2, -0.15) is 13.2 Å². The topological polar surface area (TPSA) is 12.0 Å². The number of unbranched alkanes of at least 4 members (excludes halogenated alkanes) is 4. The van der Waals surface area contributed by atoms with Crippen LogP contribution in [-0.4, -0.2) is 7.05 Å². The molecule has 0 saturated heterocycles. The van der Waals surface area contributed by atoms with Gasteiger partial charge in [0.2, 0.25) is 0 Å². The van der Waals surface area contributed by atoms with Crippen LogP contribution in [0.2, 0.25) is 0 Å². The van der Waals surface area contributed by atoms with E-state index in [4.69, 9.17) is 0 Å². The molecule has 1 nitrogen and oxygen atoms in total. The standard InChI is InChI=1S/C17H26F3N/c1-4-5-6-7-8-9-16(21-3)15-11-10-14(12-13(15)2)17(18,19)20/h10-12,16,21H,4-9H2,1-3H3. The summed E-state index contributed by atoms with van der Waals surface area (Å²) in [5, 5.41) is 3.23. The molecule has 1 unspecified atom stereocenters. The third kappa shape index (κ3) is 5.70. The summed E-state index contributed by atoms with van der Waals surface area (Å²) in [6.45, 7) is 3.94. The van der Waals surface area contributed by atoms with Gasteiger partial charge in [0, 0.05) is 6.04 Å². The lowest BCUT2D eigenvalue weighted by molar-refractivity contribution is -0.137. The van der Waals surface area contributed by atoms with Gasteiger partial charge in [-0.15, -0.1) is 0 Å². The number of rotatable bonds is 8. The molecule has 0 amide bonds. The van der Waals surface area contributed by atoms with Gasteiger partial charge in [-0.25, -0.2) is 0 Å². The fourth-order valence-corrected chi connectivity index (χ4v) is 2.65. The predicted molar refractivity (Wildman–Crippen MR) is 81.4 cm³/mol. The summed E-state index contributed by atoms with van der Waals surface area (Å²) in [6, 6.07) is 4.18. The second kappa shape index (κ2) is 8.42. The summed E-state index contributed by atoms with van der Waals surface area (Å²) < 4.78 is 38.1. The van der Waals surface area contributed by atoms with Crippen LogP contribution in [0.3, 0.4) is 0 Å². The minimum absolute atomic E-state index is 0.133. The Morgan fingerprint density at radius 2 is 1.76 bits per heavy atom. The highest BCUT2D eigenvalue weighted by Gasteiger charge is 2.30. The van der Waals surface area contributed by atoms with Crippen molar-refractivity contribution in [3.63, 3.8) is 0 Å². The molecule has 1 aromatic carbocycles. The molecule has 1 aromatic rings. The van der Waals surface area contributed by atoms with Crippen molar-refractivity contribution < 1.29 is 13.2 Å². The van der Waals surface area contributed by atoms with Crippen molar-refractivity contribution in [1.29, 1.82) is 0 Å². The number of aryl methyl sites for hydroxylation is 1. The van der Waals surface area contributed by atoms with Crippen molar-refractivity contribution in [2.24, 2.45) is 0 Å². The zero-order chi connectivity index (χ0) is 15.9. The number of alkyl halides is 3. The van der Waals surface area contributed by atoms with Crippen LogP contribution in [-0.2, 0) is 6.18 Å². The minimum Gasteiger partial charge on any atom is -0.313 e. The van der Waals surface area contributed by atoms with Crippen molar-refractivity contribution in [2.75, 3.05) is 7.05 Å². The predicted octanol–water partition coefficient (Wildman–Crippen LogP) is 5.63. The van der Waals surface area contributed by atoms with E-state index in [9.17, 15) is 13.2 Å². The van der Waals surface area contributed by atoms with E-state index in [2.05, 4.69) is 12.2 Å². The molecule has 0 aliphatic rings. The Kier molecular flexibility index (Phi) is 7.23. The maximum absolute atomic E-state index is 12.7. The molecule has 1 atom stereocenters. The van der Waals surface area contributed by atoms with E-state index in [1.807, 2.05) is 7.05 Å². The number of benzene rings is 1. The lowest BCUT2D eigenvalue weighted by atomic mass is 9.94. The zero-order valence-corrected chi connectivity index (χ0v) is 13.2. The highest BCUT2D eigenvalue weighted by molar-refractivity contribution is 5.34. The third-order valence-electron chi connectivity index (χ3n) is 3.92. The van der Waals surface area contributed by atoms with Crippen molar-refractivity contribution in [3.05, 3.63) is 34.9 Å². The number of hydrogen-bond acceptors (Lipinski definition) is 1. The normalized spacial score (nSPS) is 13.4. The van der Waals surface area contributed by atoms with E-state index in [0.29, 0.717) is 5.56 Å². The lowest BCUT2D eigenvalue weighted by Crippen LogP contribution is -2.18. The Morgan fingerprint density at radius 3 is 2.29 bits per heavy atom. The molecule has 1 N–H and O–H groups in total. The number of halogens is 3. The quantitative estimate of drug-likeness (QED) is 0.613. The molecule has 0 radical (unpaired) electrons. The molecule has 4 heteroatoms. The van der Waals surface area contributed by atoms with E-state index >= 15 is 0 Å². The number of nitrogens with one attached hydrogen (secondary N) is 1. The smallest absolute Gasteiger partial charge is 0.313 e. The van der Waals surface area contributed by atoms with Gasteiger partial charge in [-0.05, 0) is 43.7 Å². The molecule has 0 aliphatic carbocycles. The zero-order valence-electron chi connectivity index (χ0n) is 13.2. The fourth-order valence-electron chi connectivity index (χ4n) is 2.65. The van der Waals surface area contributed by atoms with Crippen LogP contribution in [0.4, 0.5) is 13.2 Å². The Hall–Kier alpha value is -1.03. The molecule has 0 aliphatic heterocycles. The largest absolute Gasteiger partial charge is 0.416 e.